The van der Waals surface area contributed by atoms with Crippen LogP contribution in [0.25, 0.3) is 11.4 Å². The normalized spacial score (nSPS) is 16.3. The maximum atomic E-state index is 14.8. The predicted molar refractivity (Wildman–Crippen MR) is 109 cm³/mol. The fourth-order valence-corrected chi connectivity index (χ4v) is 4.43. The van der Waals surface area contributed by atoms with Gasteiger partial charge in [0.25, 0.3) is 0 Å². The smallest absolute Gasteiger partial charge is 0.200 e. The van der Waals surface area contributed by atoms with Gasteiger partial charge in [-0.1, -0.05) is 6.07 Å². The molecule has 0 amide bonds. The molecular weight excluding hydrogens is 373 g/mol. The van der Waals surface area contributed by atoms with Crippen LogP contribution in [0.3, 0.4) is 0 Å². The molecule has 1 aliphatic carbocycles. The highest BCUT2D eigenvalue weighted by Gasteiger charge is 2.30. The van der Waals surface area contributed by atoms with Crippen LogP contribution in [0, 0.1) is 17.5 Å². The number of nitrogens with zero attached hydrogens (tertiary/aromatic N) is 5. The van der Waals surface area contributed by atoms with Gasteiger partial charge in [0.15, 0.2) is 10.6 Å². The Hall–Kier alpha value is -2.54. The van der Waals surface area contributed by atoms with Crippen LogP contribution in [0.2, 0.25) is 0 Å². The highest BCUT2D eigenvalue weighted by molar-refractivity contribution is 7.71. The molecule has 0 unspecified atom stereocenters. The molecule has 0 spiro atoms. The van der Waals surface area contributed by atoms with Gasteiger partial charge in [0.1, 0.15) is 12.5 Å². The predicted octanol–water partition coefficient (Wildman–Crippen LogP) is 4.67. The van der Waals surface area contributed by atoms with Crippen LogP contribution >= 0.6 is 12.2 Å². The van der Waals surface area contributed by atoms with E-state index in [0.717, 1.165) is 54.7 Å². The van der Waals surface area contributed by atoms with Crippen molar-refractivity contribution >= 4 is 17.9 Å². The molecule has 3 heterocycles. The third-order valence-electron chi connectivity index (χ3n) is 5.48. The van der Waals surface area contributed by atoms with Crippen molar-refractivity contribution in [3.63, 3.8) is 0 Å². The highest BCUT2D eigenvalue weighted by Crippen LogP contribution is 2.39. The average molecular weight is 396 g/mol. The van der Waals surface area contributed by atoms with E-state index < -0.39 is 0 Å². The van der Waals surface area contributed by atoms with Crippen molar-refractivity contribution < 1.29 is 4.39 Å². The first-order valence-electron chi connectivity index (χ1n) is 9.75. The lowest BCUT2D eigenvalue weighted by Crippen LogP contribution is -2.33. The number of anilines is 1. The summed E-state index contributed by atoms with van der Waals surface area (Å²) in [5.74, 6) is 0.692. The van der Waals surface area contributed by atoms with Crippen LogP contribution < -0.4 is 4.90 Å². The molecule has 0 atom stereocenters. The van der Waals surface area contributed by atoms with Crippen LogP contribution in [0.1, 0.15) is 36.4 Å². The Morgan fingerprint density at radius 1 is 1.29 bits per heavy atom. The Kier molecular flexibility index (Phi) is 4.27. The van der Waals surface area contributed by atoms with E-state index >= 15 is 0 Å². The Balaban J connectivity index is 1.55. The molecule has 0 saturated heterocycles. The number of benzene rings is 1. The van der Waals surface area contributed by atoms with Gasteiger partial charge in [-0.25, -0.2) is 9.07 Å². The van der Waals surface area contributed by atoms with Gasteiger partial charge in [0, 0.05) is 30.5 Å². The number of aromatic nitrogens is 4. The van der Waals surface area contributed by atoms with Crippen LogP contribution in [-0.4, -0.2) is 25.9 Å². The largest absolute Gasteiger partial charge is 0.349 e. The quantitative estimate of drug-likeness (QED) is 0.602. The Bertz CT molecular complexity index is 1080. The minimum absolute atomic E-state index is 0.157. The molecule has 5 rings (SSSR count). The third-order valence-corrected chi connectivity index (χ3v) is 5.89. The molecule has 0 N–H and O–H groups in total. The molecule has 0 radical (unpaired) electrons. The lowest BCUT2D eigenvalue weighted by atomic mass is 9.99. The van der Waals surface area contributed by atoms with Gasteiger partial charge in [-0.2, -0.15) is 0 Å². The molecule has 1 fully saturated rings. The van der Waals surface area contributed by atoms with Crippen molar-refractivity contribution in [3.05, 3.63) is 58.4 Å². The number of hydrogen-bond donors (Lipinski definition) is 0. The molecule has 2 aliphatic rings. The Morgan fingerprint density at radius 3 is 2.89 bits per heavy atom. The number of fused-ring (bicyclic) bond motifs is 1. The first-order valence-corrected chi connectivity index (χ1v) is 10.2. The zero-order valence-corrected chi connectivity index (χ0v) is 16.6. The standard InChI is InChI=1S/C21H22FN5S/c1-14-10-15-5-3-9-25(19(15)18(22)11-14)13-26-21(28)27(17-6-7-17)20(24-26)16-4-2-8-23-12-16/h2,4,8,10-12,17H,3,5-7,9,13H2,1H3. The van der Waals surface area contributed by atoms with Crippen LogP contribution in [0.5, 0.6) is 0 Å². The summed E-state index contributed by atoms with van der Waals surface area (Å²) in [7, 11) is 0. The molecule has 1 aromatic carbocycles. The maximum absolute atomic E-state index is 14.8. The van der Waals surface area contributed by atoms with E-state index in [0.29, 0.717) is 23.2 Å². The molecule has 5 nitrogen and oxygen atoms in total. The maximum Gasteiger partial charge on any atom is 0.200 e. The summed E-state index contributed by atoms with van der Waals surface area (Å²) >= 11 is 5.77. The number of hydrogen-bond acceptors (Lipinski definition) is 4. The summed E-state index contributed by atoms with van der Waals surface area (Å²) in [4.78, 5) is 6.30. The monoisotopic (exact) mass is 395 g/mol. The number of halogens is 1. The molecule has 1 aliphatic heterocycles. The topological polar surface area (TPSA) is 38.9 Å². The van der Waals surface area contributed by atoms with Crippen molar-refractivity contribution in [1.82, 2.24) is 19.3 Å². The summed E-state index contributed by atoms with van der Waals surface area (Å²) in [6.45, 7) is 3.20. The van der Waals surface area contributed by atoms with Gasteiger partial charge in [0.05, 0.1) is 5.69 Å². The summed E-state index contributed by atoms with van der Waals surface area (Å²) in [6, 6.07) is 8.03. The minimum Gasteiger partial charge on any atom is -0.349 e. The van der Waals surface area contributed by atoms with Gasteiger partial charge >= 0.3 is 0 Å². The van der Waals surface area contributed by atoms with E-state index in [1.807, 2.05) is 29.9 Å². The van der Waals surface area contributed by atoms with Crippen molar-refractivity contribution in [1.29, 1.82) is 0 Å². The van der Waals surface area contributed by atoms with Crippen molar-refractivity contribution in [2.75, 3.05) is 11.4 Å². The van der Waals surface area contributed by atoms with Gasteiger partial charge in [-0.3, -0.25) is 9.55 Å². The van der Waals surface area contributed by atoms with E-state index in [2.05, 4.69) is 20.5 Å². The lowest BCUT2D eigenvalue weighted by molar-refractivity contribution is 0.522. The molecular formula is C21H22FN5S. The van der Waals surface area contributed by atoms with E-state index in [1.54, 1.807) is 12.3 Å². The van der Waals surface area contributed by atoms with Crippen molar-refractivity contribution in [3.8, 4) is 11.4 Å². The molecule has 28 heavy (non-hydrogen) atoms. The second-order valence-corrected chi connectivity index (χ2v) is 8.08. The average Bonchev–Trinajstić information content (AvgIpc) is 3.47. The van der Waals surface area contributed by atoms with Crippen molar-refractivity contribution in [2.24, 2.45) is 0 Å². The summed E-state index contributed by atoms with van der Waals surface area (Å²) in [5.41, 5.74) is 3.69. The van der Waals surface area contributed by atoms with Gasteiger partial charge in [0.2, 0.25) is 0 Å². The first kappa shape index (κ1) is 17.6. The second kappa shape index (κ2) is 6.81. The second-order valence-electron chi connectivity index (χ2n) is 7.71. The fourth-order valence-electron chi connectivity index (χ4n) is 4.09. The zero-order chi connectivity index (χ0) is 19.3. The number of aryl methyl sites for hydroxylation is 2. The van der Waals surface area contributed by atoms with E-state index in [-0.39, 0.29) is 5.82 Å². The van der Waals surface area contributed by atoms with Crippen LogP contribution in [-0.2, 0) is 13.1 Å². The molecule has 7 heteroatoms. The van der Waals surface area contributed by atoms with Crippen LogP contribution in [0.15, 0.2) is 36.7 Å². The van der Waals surface area contributed by atoms with Crippen LogP contribution in [0.4, 0.5) is 10.1 Å². The van der Waals surface area contributed by atoms with E-state index in [4.69, 9.17) is 17.3 Å². The lowest BCUT2D eigenvalue weighted by Gasteiger charge is -2.31. The van der Waals surface area contributed by atoms with Gasteiger partial charge < -0.3 is 4.90 Å². The van der Waals surface area contributed by atoms with E-state index in [9.17, 15) is 4.39 Å². The number of rotatable bonds is 4. The Morgan fingerprint density at radius 2 is 2.14 bits per heavy atom. The molecule has 3 aromatic rings. The van der Waals surface area contributed by atoms with Crippen molar-refractivity contribution in [2.45, 2.75) is 45.3 Å². The summed E-state index contributed by atoms with van der Waals surface area (Å²) in [6.07, 6.45) is 7.72. The van der Waals surface area contributed by atoms with Gasteiger partial charge in [-0.05, 0) is 74.2 Å². The highest BCUT2D eigenvalue weighted by atomic mass is 32.1. The number of pyridine rings is 1. The third kappa shape index (κ3) is 3.03. The Labute approximate surface area is 168 Å². The minimum atomic E-state index is -0.157. The molecule has 2 aromatic heterocycles. The summed E-state index contributed by atoms with van der Waals surface area (Å²) in [5, 5.41) is 4.83. The molecule has 0 bridgehead atoms. The zero-order valence-electron chi connectivity index (χ0n) is 15.8. The van der Waals surface area contributed by atoms with Gasteiger partial charge in [-0.15, -0.1) is 5.10 Å². The molecule has 1 saturated carbocycles. The fraction of sp³-hybridized carbons (Fsp3) is 0.381. The first-order chi connectivity index (χ1) is 13.6. The SMILES string of the molecule is Cc1cc(F)c2c(c1)CCCN2Cn1nc(-c2cccnc2)n(C2CC2)c1=S. The summed E-state index contributed by atoms with van der Waals surface area (Å²) < 4.78 is 19.4. The molecule has 144 valence electrons. The van der Waals surface area contributed by atoms with E-state index in [1.165, 1.54) is 0 Å².